The summed E-state index contributed by atoms with van der Waals surface area (Å²) >= 11 is 0. The molecule has 6 nitrogen and oxygen atoms in total. The maximum Gasteiger partial charge on any atom is 0.226 e. The van der Waals surface area contributed by atoms with Gasteiger partial charge in [0.05, 0.1) is 25.4 Å². The van der Waals surface area contributed by atoms with Gasteiger partial charge in [-0.25, -0.2) is 14.4 Å². The molecule has 2 aromatic carbocycles. The van der Waals surface area contributed by atoms with E-state index in [1.807, 2.05) is 38.1 Å². The Bertz CT molecular complexity index is 983. The van der Waals surface area contributed by atoms with Crippen LogP contribution in [-0.2, 0) is 24.4 Å². The number of aromatic nitrogens is 1. The zero-order valence-electron chi connectivity index (χ0n) is 17.5. The van der Waals surface area contributed by atoms with Crippen molar-refractivity contribution in [3.8, 4) is 11.5 Å². The lowest BCUT2D eigenvalue weighted by Gasteiger charge is -2.10. The molecule has 1 aromatic heterocycles. The summed E-state index contributed by atoms with van der Waals surface area (Å²) in [5.41, 5.74) is 4.34. The molecule has 0 aliphatic rings. The monoisotopic (exact) mass is 410 g/mol. The van der Waals surface area contributed by atoms with Gasteiger partial charge in [0, 0.05) is 24.8 Å². The van der Waals surface area contributed by atoms with Gasteiger partial charge in [0.25, 0.3) is 0 Å². The number of methoxy groups -OCH3 is 1. The molecule has 3 rings (SSSR count). The van der Waals surface area contributed by atoms with Gasteiger partial charge in [-0.2, -0.15) is 0 Å². The van der Waals surface area contributed by atoms with Crippen molar-refractivity contribution >= 4 is 5.96 Å². The molecule has 0 aliphatic heterocycles. The minimum absolute atomic E-state index is 0.233. The molecule has 7 heteroatoms. The van der Waals surface area contributed by atoms with Crippen LogP contribution in [0.1, 0.15) is 29.3 Å². The fraction of sp³-hybridized carbons (Fsp3) is 0.304. The van der Waals surface area contributed by atoms with Gasteiger partial charge in [-0.15, -0.1) is 0 Å². The smallest absolute Gasteiger partial charge is 0.226 e. The first-order valence-electron chi connectivity index (χ1n) is 9.89. The third-order valence-electron chi connectivity index (χ3n) is 4.46. The normalized spacial score (nSPS) is 11.5. The van der Waals surface area contributed by atoms with E-state index >= 15 is 0 Å². The Morgan fingerprint density at radius 3 is 2.70 bits per heavy atom. The first-order valence-corrected chi connectivity index (χ1v) is 9.89. The Morgan fingerprint density at radius 2 is 1.97 bits per heavy atom. The first kappa shape index (κ1) is 21.5. The van der Waals surface area contributed by atoms with E-state index in [2.05, 4.69) is 20.6 Å². The zero-order valence-corrected chi connectivity index (χ0v) is 17.5. The van der Waals surface area contributed by atoms with Crippen molar-refractivity contribution in [3.63, 3.8) is 0 Å². The molecular weight excluding hydrogens is 383 g/mol. The van der Waals surface area contributed by atoms with E-state index in [1.54, 1.807) is 25.5 Å². The zero-order chi connectivity index (χ0) is 21.3. The number of nitrogens with zero attached hydrogens (tertiary/aromatic N) is 2. The van der Waals surface area contributed by atoms with Crippen LogP contribution in [0.15, 0.2) is 58.1 Å². The number of aryl methyl sites for hydroxylation is 1. The third kappa shape index (κ3) is 5.90. The van der Waals surface area contributed by atoms with Crippen molar-refractivity contribution < 1.29 is 13.5 Å². The molecule has 0 aliphatic carbocycles. The van der Waals surface area contributed by atoms with Gasteiger partial charge < -0.3 is 19.8 Å². The molecule has 158 valence electrons. The molecule has 0 unspecified atom stereocenters. The van der Waals surface area contributed by atoms with Gasteiger partial charge in [-0.3, -0.25) is 0 Å². The summed E-state index contributed by atoms with van der Waals surface area (Å²) in [4.78, 5) is 9.11. The predicted molar refractivity (Wildman–Crippen MR) is 115 cm³/mol. The molecule has 30 heavy (non-hydrogen) atoms. The van der Waals surface area contributed by atoms with E-state index in [9.17, 15) is 4.39 Å². The van der Waals surface area contributed by atoms with Crippen molar-refractivity contribution in [2.24, 2.45) is 4.99 Å². The van der Waals surface area contributed by atoms with E-state index in [4.69, 9.17) is 9.15 Å². The van der Waals surface area contributed by atoms with E-state index in [1.165, 1.54) is 11.6 Å². The number of rotatable bonds is 8. The number of ether oxygens (including phenoxy) is 1. The van der Waals surface area contributed by atoms with Gasteiger partial charge in [0.1, 0.15) is 12.1 Å². The molecule has 3 aromatic rings. The summed E-state index contributed by atoms with van der Waals surface area (Å²) < 4.78 is 24.4. The lowest BCUT2D eigenvalue weighted by atomic mass is 10.1. The molecule has 0 bridgehead atoms. The summed E-state index contributed by atoms with van der Waals surface area (Å²) in [5, 5.41) is 6.45. The van der Waals surface area contributed by atoms with Crippen molar-refractivity contribution in [1.82, 2.24) is 15.6 Å². The van der Waals surface area contributed by atoms with E-state index < -0.39 is 0 Å². The van der Waals surface area contributed by atoms with Crippen LogP contribution in [0, 0.1) is 12.7 Å². The highest BCUT2D eigenvalue weighted by Gasteiger charge is 2.08. The number of oxazole rings is 1. The highest BCUT2D eigenvalue weighted by atomic mass is 19.1. The Hall–Kier alpha value is -3.19. The average Bonchev–Trinajstić information content (AvgIpc) is 3.22. The molecule has 2 N–H and O–H groups in total. The summed E-state index contributed by atoms with van der Waals surface area (Å²) in [6.45, 7) is 5.88. The maximum atomic E-state index is 13.8. The Kier molecular flexibility index (Phi) is 7.57. The highest BCUT2D eigenvalue weighted by Crippen LogP contribution is 2.19. The minimum Gasteiger partial charge on any atom is -0.444 e. The summed E-state index contributed by atoms with van der Waals surface area (Å²) in [5.74, 6) is 0.964. The largest absolute Gasteiger partial charge is 0.444 e. The quantitative estimate of drug-likeness (QED) is 0.430. The van der Waals surface area contributed by atoms with Crippen molar-refractivity contribution in [1.29, 1.82) is 0 Å². The Labute approximate surface area is 176 Å². The third-order valence-corrected chi connectivity index (χ3v) is 4.46. The molecular formula is C23H27FN4O2. The molecule has 0 fully saturated rings. The van der Waals surface area contributed by atoms with Crippen LogP contribution < -0.4 is 10.6 Å². The topological polar surface area (TPSA) is 71.7 Å². The lowest BCUT2D eigenvalue weighted by molar-refractivity contribution is 0.181. The molecule has 0 spiro atoms. The number of halogens is 1. The van der Waals surface area contributed by atoms with E-state index in [-0.39, 0.29) is 12.4 Å². The van der Waals surface area contributed by atoms with Gasteiger partial charge in [0.2, 0.25) is 5.89 Å². The molecule has 0 atom stereocenters. The summed E-state index contributed by atoms with van der Waals surface area (Å²) in [6.07, 6.45) is 1.64. The molecule has 0 amide bonds. The van der Waals surface area contributed by atoms with Crippen LogP contribution in [0.4, 0.5) is 4.39 Å². The van der Waals surface area contributed by atoms with Gasteiger partial charge in [0.15, 0.2) is 5.96 Å². The van der Waals surface area contributed by atoms with Gasteiger partial charge >= 0.3 is 0 Å². The van der Waals surface area contributed by atoms with Gasteiger partial charge in [-0.1, -0.05) is 23.8 Å². The van der Waals surface area contributed by atoms with Crippen LogP contribution in [0.5, 0.6) is 0 Å². The molecule has 0 saturated carbocycles. The van der Waals surface area contributed by atoms with Crippen LogP contribution in [-0.4, -0.2) is 24.6 Å². The van der Waals surface area contributed by atoms with Crippen molar-refractivity contribution in [2.75, 3.05) is 13.7 Å². The maximum absolute atomic E-state index is 13.8. The molecule has 0 radical (unpaired) electrons. The second-order valence-corrected chi connectivity index (χ2v) is 6.92. The van der Waals surface area contributed by atoms with Crippen molar-refractivity contribution in [3.05, 3.63) is 76.9 Å². The van der Waals surface area contributed by atoms with Crippen LogP contribution >= 0.6 is 0 Å². The number of nitrogens with one attached hydrogen (secondary N) is 2. The second kappa shape index (κ2) is 10.5. The average molecular weight is 410 g/mol. The van der Waals surface area contributed by atoms with Crippen molar-refractivity contribution in [2.45, 2.75) is 33.5 Å². The van der Waals surface area contributed by atoms with Crippen LogP contribution in [0.3, 0.4) is 0 Å². The fourth-order valence-electron chi connectivity index (χ4n) is 2.90. The number of benzene rings is 2. The Morgan fingerprint density at radius 1 is 1.17 bits per heavy atom. The second-order valence-electron chi connectivity index (χ2n) is 6.92. The standard InChI is InChI=1S/C23H27FN4O2/c1-4-25-23(26-12-17-7-10-21(24)19(11-17)14-29-3)27-13-20-15-30-22(28-20)18-8-5-16(2)6-9-18/h5-11,15H,4,12-14H2,1-3H3,(H2,25,26,27). The fourth-order valence-corrected chi connectivity index (χ4v) is 2.90. The lowest BCUT2D eigenvalue weighted by Crippen LogP contribution is -2.36. The van der Waals surface area contributed by atoms with Crippen LogP contribution in [0.25, 0.3) is 11.5 Å². The van der Waals surface area contributed by atoms with Crippen LogP contribution in [0.2, 0.25) is 0 Å². The summed E-state index contributed by atoms with van der Waals surface area (Å²) in [7, 11) is 1.55. The number of guanidine groups is 1. The molecule has 1 heterocycles. The van der Waals surface area contributed by atoms with E-state index in [0.717, 1.165) is 23.4 Å². The first-order chi connectivity index (χ1) is 14.6. The SMILES string of the molecule is CCNC(=NCc1ccc(F)c(COC)c1)NCc1coc(-c2ccc(C)cc2)n1. The highest BCUT2D eigenvalue weighted by molar-refractivity contribution is 5.79. The minimum atomic E-state index is -0.273. The number of hydrogen-bond acceptors (Lipinski definition) is 4. The Balaban J connectivity index is 1.63. The number of hydrogen-bond donors (Lipinski definition) is 2. The molecule has 0 saturated heterocycles. The summed E-state index contributed by atoms with van der Waals surface area (Å²) in [6, 6.07) is 13.0. The predicted octanol–water partition coefficient (Wildman–Crippen LogP) is 4.19. The van der Waals surface area contributed by atoms with Gasteiger partial charge in [-0.05, 0) is 43.7 Å². The van der Waals surface area contributed by atoms with E-state index in [0.29, 0.717) is 30.5 Å². The number of aliphatic imine (C=N–C) groups is 1.